The Morgan fingerprint density at radius 1 is 1.39 bits per heavy atom. The zero-order valence-corrected chi connectivity index (χ0v) is 11.0. The van der Waals surface area contributed by atoms with E-state index in [4.69, 9.17) is 4.74 Å². The van der Waals surface area contributed by atoms with Crippen LogP contribution in [0.1, 0.15) is 31.9 Å². The van der Waals surface area contributed by atoms with Gasteiger partial charge in [-0.3, -0.25) is 4.79 Å². The van der Waals surface area contributed by atoms with E-state index in [1.807, 2.05) is 30.3 Å². The van der Waals surface area contributed by atoms with E-state index >= 15 is 0 Å². The minimum Gasteiger partial charge on any atom is -0.369 e. The molecule has 1 aromatic carbocycles. The first-order valence-electron chi connectivity index (χ1n) is 6.02. The molecule has 4 heteroatoms. The molecule has 1 amide bonds. The number of hydrogen-bond acceptors (Lipinski definition) is 3. The first-order valence-corrected chi connectivity index (χ1v) is 6.02. The SMILES string of the molecule is COC(C)(C)C(=O)N1N=CCC1c1ccccc1. The van der Waals surface area contributed by atoms with Crippen molar-refractivity contribution in [3.8, 4) is 0 Å². The fraction of sp³-hybridized carbons (Fsp3) is 0.429. The highest BCUT2D eigenvalue weighted by Gasteiger charge is 2.37. The van der Waals surface area contributed by atoms with E-state index in [1.54, 1.807) is 20.1 Å². The van der Waals surface area contributed by atoms with Gasteiger partial charge in [-0.05, 0) is 19.4 Å². The van der Waals surface area contributed by atoms with E-state index in [1.165, 1.54) is 12.1 Å². The number of carbonyl (C=O) groups excluding carboxylic acids is 1. The predicted octanol–water partition coefficient (Wildman–Crippen LogP) is 2.37. The molecule has 0 saturated heterocycles. The van der Waals surface area contributed by atoms with Crippen molar-refractivity contribution in [1.82, 2.24) is 5.01 Å². The van der Waals surface area contributed by atoms with Crippen LogP contribution in [0.2, 0.25) is 0 Å². The van der Waals surface area contributed by atoms with Gasteiger partial charge in [-0.25, -0.2) is 5.01 Å². The standard InChI is InChI=1S/C14H18N2O2/c1-14(2,18-3)13(17)16-12(9-10-15-16)11-7-5-4-6-8-11/h4-8,10,12H,9H2,1-3H3. The average Bonchev–Trinajstić information content (AvgIpc) is 2.87. The van der Waals surface area contributed by atoms with Gasteiger partial charge in [-0.1, -0.05) is 30.3 Å². The highest BCUT2D eigenvalue weighted by molar-refractivity contribution is 5.86. The number of carbonyl (C=O) groups is 1. The second kappa shape index (κ2) is 4.90. The Morgan fingerprint density at radius 2 is 2.06 bits per heavy atom. The fourth-order valence-electron chi connectivity index (χ4n) is 1.92. The largest absolute Gasteiger partial charge is 0.369 e. The van der Waals surface area contributed by atoms with Crippen LogP contribution in [-0.2, 0) is 9.53 Å². The molecule has 0 spiro atoms. The summed E-state index contributed by atoms with van der Waals surface area (Å²) in [7, 11) is 1.54. The van der Waals surface area contributed by atoms with Crippen LogP contribution in [0.3, 0.4) is 0 Å². The molecular weight excluding hydrogens is 228 g/mol. The molecule has 0 bridgehead atoms. The maximum Gasteiger partial charge on any atom is 0.274 e. The van der Waals surface area contributed by atoms with Crippen LogP contribution in [-0.4, -0.2) is 29.8 Å². The quantitative estimate of drug-likeness (QED) is 0.821. The third kappa shape index (κ3) is 2.29. The van der Waals surface area contributed by atoms with Crippen molar-refractivity contribution in [2.45, 2.75) is 31.9 Å². The molecule has 0 aromatic heterocycles. The van der Waals surface area contributed by atoms with Gasteiger partial charge < -0.3 is 4.74 Å². The normalized spacial score (nSPS) is 19.3. The Bertz CT molecular complexity index is 454. The minimum absolute atomic E-state index is 0.0203. The highest BCUT2D eigenvalue weighted by Crippen LogP contribution is 2.30. The summed E-state index contributed by atoms with van der Waals surface area (Å²) in [5.41, 5.74) is 0.240. The van der Waals surface area contributed by atoms with Crippen LogP contribution in [0.25, 0.3) is 0 Å². The first-order chi connectivity index (χ1) is 8.56. The molecule has 1 aromatic rings. The summed E-state index contributed by atoms with van der Waals surface area (Å²) in [6, 6.07) is 9.91. The number of ether oxygens (including phenoxy) is 1. The first kappa shape index (κ1) is 12.8. The van der Waals surface area contributed by atoms with E-state index in [0.29, 0.717) is 0 Å². The average molecular weight is 246 g/mol. The number of rotatable bonds is 3. The third-order valence-corrected chi connectivity index (χ3v) is 3.25. The Kier molecular flexibility index (Phi) is 3.48. The zero-order valence-electron chi connectivity index (χ0n) is 11.0. The van der Waals surface area contributed by atoms with Crippen LogP contribution in [0.5, 0.6) is 0 Å². The Labute approximate surface area is 107 Å². The molecule has 18 heavy (non-hydrogen) atoms. The van der Waals surface area contributed by atoms with Gasteiger partial charge in [0.25, 0.3) is 5.91 Å². The fourth-order valence-corrected chi connectivity index (χ4v) is 1.92. The van der Waals surface area contributed by atoms with Crippen molar-refractivity contribution in [1.29, 1.82) is 0 Å². The van der Waals surface area contributed by atoms with Crippen molar-refractivity contribution in [3.05, 3.63) is 35.9 Å². The molecule has 1 heterocycles. The number of methoxy groups -OCH3 is 1. The van der Waals surface area contributed by atoms with E-state index in [9.17, 15) is 4.79 Å². The lowest BCUT2D eigenvalue weighted by Crippen LogP contribution is -2.44. The van der Waals surface area contributed by atoms with Crippen LogP contribution in [0, 0.1) is 0 Å². The van der Waals surface area contributed by atoms with Crippen LogP contribution in [0.15, 0.2) is 35.4 Å². The number of hydrazone groups is 1. The number of amides is 1. The summed E-state index contributed by atoms with van der Waals surface area (Å²) in [5.74, 6) is -0.118. The van der Waals surface area contributed by atoms with Gasteiger partial charge in [-0.15, -0.1) is 0 Å². The van der Waals surface area contributed by atoms with Gasteiger partial charge >= 0.3 is 0 Å². The molecule has 0 aliphatic carbocycles. The predicted molar refractivity (Wildman–Crippen MR) is 70.2 cm³/mol. The third-order valence-electron chi connectivity index (χ3n) is 3.25. The van der Waals surface area contributed by atoms with Crippen molar-refractivity contribution in [2.75, 3.05) is 7.11 Å². The monoisotopic (exact) mass is 246 g/mol. The molecular formula is C14H18N2O2. The lowest BCUT2D eigenvalue weighted by atomic mass is 10.0. The molecule has 0 radical (unpaired) electrons. The summed E-state index contributed by atoms with van der Waals surface area (Å²) in [6.45, 7) is 3.51. The maximum atomic E-state index is 12.4. The molecule has 4 nitrogen and oxygen atoms in total. The zero-order chi connectivity index (χ0) is 13.2. The second-order valence-electron chi connectivity index (χ2n) is 4.82. The molecule has 0 fully saturated rings. The van der Waals surface area contributed by atoms with Crippen molar-refractivity contribution < 1.29 is 9.53 Å². The summed E-state index contributed by atoms with van der Waals surface area (Å²) in [5, 5.41) is 5.71. The molecule has 1 atom stereocenters. The summed E-state index contributed by atoms with van der Waals surface area (Å²) < 4.78 is 5.23. The highest BCUT2D eigenvalue weighted by atomic mass is 16.5. The molecule has 1 aliphatic heterocycles. The van der Waals surface area contributed by atoms with E-state index in [-0.39, 0.29) is 11.9 Å². The van der Waals surface area contributed by atoms with Gasteiger partial charge in [0, 0.05) is 19.7 Å². The van der Waals surface area contributed by atoms with Crippen LogP contribution < -0.4 is 0 Å². The van der Waals surface area contributed by atoms with E-state index in [0.717, 1.165) is 12.0 Å². The van der Waals surface area contributed by atoms with Crippen molar-refractivity contribution in [2.24, 2.45) is 5.10 Å². The van der Waals surface area contributed by atoms with Crippen molar-refractivity contribution >= 4 is 12.1 Å². The number of hydrogen-bond donors (Lipinski definition) is 0. The van der Waals surface area contributed by atoms with Crippen molar-refractivity contribution in [3.63, 3.8) is 0 Å². The van der Waals surface area contributed by atoms with Gasteiger partial charge in [0.15, 0.2) is 0 Å². The molecule has 1 unspecified atom stereocenters. The van der Waals surface area contributed by atoms with Crippen LogP contribution in [0.4, 0.5) is 0 Å². The lowest BCUT2D eigenvalue weighted by molar-refractivity contribution is -0.153. The second-order valence-corrected chi connectivity index (χ2v) is 4.82. The molecule has 2 rings (SSSR count). The summed E-state index contributed by atoms with van der Waals surface area (Å²) in [4.78, 5) is 12.4. The van der Waals surface area contributed by atoms with Gasteiger partial charge in [0.2, 0.25) is 0 Å². The molecule has 96 valence electrons. The maximum absolute atomic E-state index is 12.4. The summed E-state index contributed by atoms with van der Waals surface area (Å²) >= 11 is 0. The van der Waals surface area contributed by atoms with E-state index < -0.39 is 5.60 Å². The number of nitrogens with zero attached hydrogens (tertiary/aromatic N) is 2. The number of benzene rings is 1. The Hall–Kier alpha value is -1.68. The Balaban J connectivity index is 2.23. The topological polar surface area (TPSA) is 41.9 Å². The lowest BCUT2D eigenvalue weighted by Gasteiger charge is -2.30. The van der Waals surface area contributed by atoms with Crippen LogP contribution >= 0.6 is 0 Å². The molecule has 0 N–H and O–H groups in total. The van der Waals surface area contributed by atoms with Gasteiger partial charge in [0.05, 0.1) is 6.04 Å². The summed E-state index contributed by atoms with van der Waals surface area (Å²) in [6.07, 6.45) is 2.52. The molecule has 0 saturated carbocycles. The molecule has 1 aliphatic rings. The Morgan fingerprint density at radius 3 is 2.67 bits per heavy atom. The van der Waals surface area contributed by atoms with E-state index in [2.05, 4.69) is 5.10 Å². The van der Waals surface area contributed by atoms with Gasteiger partial charge in [0.1, 0.15) is 5.60 Å². The smallest absolute Gasteiger partial charge is 0.274 e. The van der Waals surface area contributed by atoms with Gasteiger partial charge in [-0.2, -0.15) is 5.10 Å². The minimum atomic E-state index is -0.852.